The van der Waals surface area contributed by atoms with Crippen molar-refractivity contribution in [3.63, 3.8) is 0 Å². The fourth-order valence-electron chi connectivity index (χ4n) is 2.53. The lowest BCUT2D eigenvalue weighted by Crippen LogP contribution is -2.30. The Balaban J connectivity index is 2.08. The molecule has 0 fully saturated rings. The quantitative estimate of drug-likeness (QED) is 0.601. The predicted octanol–water partition coefficient (Wildman–Crippen LogP) is 4.13. The minimum absolute atomic E-state index is 0.184. The first-order valence-corrected chi connectivity index (χ1v) is 10.1. The Kier molecular flexibility index (Phi) is 5.31. The van der Waals surface area contributed by atoms with Gasteiger partial charge >= 0.3 is 0 Å². The normalized spacial score (nSPS) is 10.9. The van der Waals surface area contributed by atoms with Crippen LogP contribution in [0.2, 0.25) is 0 Å². The standard InChI is InChI=1S/C20H17NO3S2/c1-3-20-19(13-14-25-20)21(15-16-7-5-4-6-8-16)26(22,23)18-11-9-17(24-2)10-12-18/h1,4-14H,15H2,2H3. The fraction of sp³-hybridized carbons (Fsp3) is 0.100. The molecule has 0 saturated heterocycles. The van der Waals surface area contributed by atoms with Crippen LogP contribution in [0.5, 0.6) is 5.75 Å². The number of benzene rings is 2. The second-order valence-corrected chi connectivity index (χ2v) is 8.23. The van der Waals surface area contributed by atoms with Crippen molar-refractivity contribution in [1.82, 2.24) is 0 Å². The summed E-state index contributed by atoms with van der Waals surface area (Å²) >= 11 is 1.34. The number of anilines is 1. The highest BCUT2D eigenvalue weighted by Crippen LogP contribution is 2.32. The molecule has 2 aromatic carbocycles. The van der Waals surface area contributed by atoms with Crippen molar-refractivity contribution < 1.29 is 13.2 Å². The molecule has 0 aliphatic rings. The number of thiophene rings is 1. The van der Waals surface area contributed by atoms with Crippen molar-refractivity contribution >= 4 is 27.0 Å². The first kappa shape index (κ1) is 18.1. The Labute approximate surface area is 157 Å². The number of terminal acetylenes is 1. The Morgan fingerprint density at radius 1 is 1.08 bits per heavy atom. The third-order valence-electron chi connectivity index (χ3n) is 3.86. The Bertz CT molecular complexity index is 1020. The number of ether oxygens (including phenoxy) is 1. The topological polar surface area (TPSA) is 46.6 Å². The van der Waals surface area contributed by atoms with Gasteiger partial charge in [-0.3, -0.25) is 4.31 Å². The van der Waals surface area contributed by atoms with E-state index < -0.39 is 10.0 Å². The van der Waals surface area contributed by atoms with E-state index in [0.29, 0.717) is 16.3 Å². The van der Waals surface area contributed by atoms with Gasteiger partial charge in [-0.1, -0.05) is 36.3 Å². The maximum Gasteiger partial charge on any atom is 0.264 e. The molecule has 3 aromatic rings. The highest BCUT2D eigenvalue weighted by molar-refractivity contribution is 7.92. The molecule has 0 spiro atoms. The molecule has 0 aliphatic heterocycles. The molecule has 132 valence electrons. The number of sulfonamides is 1. The summed E-state index contributed by atoms with van der Waals surface area (Å²) < 4.78 is 33.1. The molecule has 3 rings (SSSR count). The zero-order valence-electron chi connectivity index (χ0n) is 14.1. The molecule has 0 amide bonds. The first-order chi connectivity index (χ1) is 12.6. The van der Waals surface area contributed by atoms with E-state index in [1.807, 2.05) is 30.3 Å². The molecule has 0 N–H and O–H groups in total. The molecule has 6 heteroatoms. The van der Waals surface area contributed by atoms with E-state index in [0.717, 1.165) is 5.56 Å². The number of nitrogens with zero attached hydrogens (tertiary/aromatic N) is 1. The smallest absolute Gasteiger partial charge is 0.264 e. The fourth-order valence-corrected chi connectivity index (χ4v) is 4.75. The molecular weight excluding hydrogens is 366 g/mol. The molecule has 1 aromatic heterocycles. The summed E-state index contributed by atoms with van der Waals surface area (Å²) in [4.78, 5) is 0.765. The number of hydrogen-bond donors (Lipinski definition) is 0. The molecule has 26 heavy (non-hydrogen) atoms. The molecule has 0 unspecified atom stereocenters. The van der Waals surface area contributed by atoms with Crippen LogP contribution in [0.3, 0.4) is 0 Å². The number of hydrogen-bond acceptors (Lipinski definition) is 4. The van der Waals surface area contributed by atoms with Crippen molar-refractivity contribution in [2.45, 2.75) is 11.4 Å². The maximum atomic E-state index is 13.3. The molecule has 0 aliphatic carbocycles. The minimum atomic E-state index is -3.79. The molecule has 0 radical (unpaired) electrons. The summed E-state index contributed by atoms with van der Waals surface area (Å²) in [6, 6.07) is 17.5. The van der Waals surface area contributed by atoms with Crippen molar-refractivity contribution in [1.29, 1.82) is 0 Å². The lowest BCUT2D eigenvalue weighted by atomic mass is 10.2. The van der Waals surface area contributed by atoms with Gasteiger partial charge in [0.1, 0.15) is 10.6 Å². The van der Waals surface area contributed by atoms with E-state index in [1.54, 1.807) is 23.6 Å². The van der Waals surface area contributed by atoms with Gasteiger partial charge in [-0.2, -0.15) is 0 Å². The molecular formula is C20H17NO3S2. The number of rotatable bonds is 6. The molecule has 1 heterocycles. The van der Waals surface area contributed by atoms with Crippen molar-refractivity contribution in [2.24, 2.45) is 0 Å². The summed E-state index contributed by atoms with van der Waals surface area (Å²) in [7, 11) is -2.25. The van der Waals surface area contributed by atoms with Crippen molar-refractivity contribution in [3.8, 4) is 18.1 Å². The molecule has 0 saturated carbocycles. The van der Waals surface area contributed by atoms with Gasteiger partial charge in [0.15, 0.2) is 0 Å². The van der Waals surface area contributed by atoms with Crippen LogP contribution in [0.15, 0.2) is 70.9 Å². The van der Waals surface area contributed by atoms with Gasteiger partial charge in [0.05, 0.1) is 24.2 Å². The Hall–Kier alpha value is -2.75. The monoisotopic (exact) mass is 383 g/mol. The lowest BCUT2D eigenvalue weighted by Gasteiger charge is -2.24. The van der Waals surface area contributed by atoms with Crippen LogP contribution in [0, 0.1) is 12.3 Å². The summed E-state index contributed by atoms with van der Waals surface area (Å²) in [6.45, 7) is 0.195. The third-order valence-corrected chi connectivity index (χ3v) is 6.47. The predicted molar refractivity (Wildman–Crippen MR) is 105 cm³/mol. The Morgan fingerprint density at radius 2 is 1.77 bits per heavy atom. The largest absolute Gasteiger partial charge is 0.497 e. The van der Waals surface area contributed by atoms with Gasteiger partial charge < -0.3 is 4.74 Å². The van der Waals surface area contributed by atoms with Gasteiger partial charge in [-0.15, -0.1) is 17.8 Å². The van der Waals surface area contributed by atoms with Gasteiger partial charge in [0, 0.05) is 0 Å². The third kappa shape index (κ3) is 3.59. The van der Waals surface area contributed by atoms with Gasteiger partial charge in [0.25, 0.3) is 10.0 Å². The first-order valence-electron chi connectivity index (χ1n) is 7.81. The average molecular weight is 383 g/mol. The van der Waals surface area contributed by atoms with Crippen molar-refractivity contribution in [3.05, 3.63) is 76.5 Å². The Morgan fingerprint density at radius 3 is 2.38 bits per heavy atom. The average Bonchev–Trinajstić information content (AvgIpc) is 3.15. The van der Waals surface area contributed by atoms with Crippen LogP contribution < -0.4 is 9.04 Å². The van der Waals surface area contributed by atoms with E-state index in [1.165, 1.54) is 34.9 Å². The molecule has 4 nitrogen and oxygen atoms in total. The van der Waals surface area contributed by atoms with E-state index in [2.05, 4.69) is 5.92 Å². The summed E-state index contributed by atoms with van der Waals surface area (Å²) in [5.41, 5.74) is 1.39. The van der Waals surface area contributed by atoms with Crippen LogP contribution >= 0.6 is 11.3 Å². The van der Waals surface area contributed by atoms with Gasteiger partial charge in [0.2, 0.25) is 0 Å². The highest BCUT2D eigenvalue weighted by Gasteiger charge is 2.27. The summed E-state index contributed by atoms with van der Waals surface area (Å²) in [6.07, 6.45) is 5.57. The van der Waals surface area contributed by atoms with Crippen molar-refractivity contribution in [2.75, 3.05) is 11.4 Å². The zero-order valence-corrected chi connectivity index (χ0v) is 15.8. The van der Waals surface area contributed by atoms with E-state index in [9.17, 15) is 8.42 Å². The lowest BCUT2D eigenvalue weighted by molar-refractivity contribution is 0.414. The molecule has 0 atom stereocenters. The van der Waals surface area contributed by atoms with Crippen LogP contribution in [0.25, 0.3) is 0 Å². The second-order valence-electron chi connectivity index (χ2n) is 5.45. The second kappa shape index (κ2) is 7.65. The van der Waals surface area contributed by atoms with E-state index in [4.69, 9.17) is 11.2 Å². The van der Waals surface area contributed by atoms with Gasteiger partial charge in [-0.25, -0.2) is 8.42 Å². The summed E-state index contributed by atoms with van der Waals surface area (Å²) in [5.74, 6) is 3.17. The van der Waals surface area contributed by atoms with E-state index in [-0.39, 0.29) is 11.4 Å². The van der Waals surface area contributed by atoms with Gasteiger partial charge in [-0.05, 0) is 41.3 Å². The zero-order chi connectivity index (χ0) is 18.6. The van der Waals surface area contributed by atoms with Crippen LogP contribution in [0.4, 0.5) is 5.69 Å². The molecule has 0 bridgehead atoms. The summed E-state index contributed by atoms with van der Waals surface area (Å²) in [5, 5.41) is 1.80. The minimum Gasteiger partial charge on any atom is -0.497 e. The number of methoxy groups -OCH3 is 1. The SMILES string of the molecule is C#Cc1sccc1N(Cc1ccccc1)S(=O)(=O)c1ccc(OC)cc1. The van der Waals surface area contributed by atoms with Crippen LogP contribution in [0.1, 0.15) is 10.4 Å². The van der Waals surface area contributed by atoms with Crippen LogP contribution in [-0.4, -0.2) is 15.5 Å². The van der Waals surface area contributed by atoms with E-state index >= 15 is 0 Å². The van der Waals surface area contributed by atoms with Crippen LogP contribution in [-0.2, 0) is 16.6 Å². The maximum absolute atomic E-state index is 13.3. The highest BCUT2D eigenvalue weighted by atomic mass is 32.2.